The summed E-state index contributed by atoms with van der Waals surface area (Å²) in [7, 11) is 0. The molecule has 0 spiro atoms. The summed E-state index contributed by atoms with van der Waals surface area (Å²) in [5, 5.41) is 2.66. The zero-order valence-corrected chi connectivity index (χ0v) is 8.62. The minimum absolute atomic E-state index is 0.136. The SMILES string of the molecule is C=CCN1C(=O)NC(CC(C)C)C1=O. The molecule has 1 heterocycles. The van der Waals surface area contributed by atoms with Gasteiger partial charge in [-0.1, -0.05) is 19.9 Å². The number of urea groups is 1. The van der Waals surface area contributed by atoms with Crippen LogP contribution in [-0.4, -0.2) is 29.4 Å². The minimum Gasteiger partial charge on any atom is -0.326 e. The van der Waals surface area contributed by atoms with Gasteiger partial charge in [0.2, 0.25) is 0 Å². The summed E-state index contributed by atoms with van der Waals surface area (Å²) in [6, 6.07) is -0.650. The maximum absolute atomic E-state index is 11.6. The van der Waals surface area contributed by atoms with Crippen molar-refractivity contribution in [3.05, 3.63) is 12.7 Å². The van der Waals surface area contributed by atoms with Gasteiger partial charge in [-0.05, 0) is 12.3 Å². The van der Waals surface area contributed by atoms with Gasteiger partial charge in [0.15, 0.2) is 0 Å². The van der Waals surface area contributed by atoms with E-state index in [2.05, 4.69) is 11.9 Å². The first-order valence-corrected chi connectivity index (χ1v) is 4.79. The van der Waals surface area contributed by atoms with Crippen LogP contribution in [0.5, 0.6) is 0 Å². The monoisotopic (exact) mass is 196 g/mol. The highest BCUT2D eigenvalue weighted by atomic mass is 16.2. The molecule has 3 amide bonds. The highest BCUT2D eigenvalue weighted by Crippen LogP contribution is 2.13. The fourth-order valence-electron chi connectivity index (χ4n) is 1.51. The molecule has 4 nitrogen and oxygen atoms in total. The summed E-state index contributed by atoms with van der Waals surface area (Å²) in [6.07, 6.45) is 2.24. The van der Waals surface area contributed by atoms with E-state index in [0.29, 0.717) is 18.9 Å². The standard InChI is InChI=1S/C10H16N2O2/c1-4-5-12-9(13)8(6-7(2)3)11-10(12)14/h4,7-8H,1,5-6H2,2-3H3,(H,11,14). The average molecular weight is 196 g/mol. The van der Waals surface area contributed by atoms with E-state index in [-0.39, 0.29) is 18.0 Å². The summed E-state index contributed by atoms with van der Waals surface area (Å²) < 4.78 is 0. The lowest BCUT2D eigenvalue weighted by Gasteiger charge is -2.11. The molecule has 0 aromatic rings. The molecule has 1 aliphatic rings. The topological polar surface area (TPSA) is 49.4 Å². The van der Waals surface area contributed by atoms with Gasteiger partial charge in [0.1, 0.15) is 6.04 Å². The van der Waals surface area contributed by atoms with Crippen LogP contribution in [0.2, 0.25) is 0 Å². The molecule has 1 saturated heterocycles. The number of hydrogen-bond donors (Lipinski definition) is 1. The lowest BCUT2D eigenvalue weighted by atomic mass is 10.0. The second-order valence-electron chi connectivity index (χ2n) is 3.87. The molecule has 14 heavy (non-hydrogen) atoms. The van der Waals surface area contributed by atoms with Crippen LogP contribution in [0.4, 0.5) is 4.79 Å². The average Bonchev–Trinajstić information content (AvgIpc) is 2.32. The Balaban J connectivity index is 2.64. The van der Waals surface area contributed by atoms with Crippen molar-refractivity contribution in [2.24, 2.45) is 5.92 Å². The van der Waals surface area contributed by atoms with Crippen molar-refractivity contribution in [3.8, 4) is 0 Å². The van der Waals surface area contributed by atoms with E-state index in [1.807, 2.05) is 13.8 Å². The van der Waals surface area contributed by atoms with Crippen molar-refractivity contribution in [3.63, 3.8) is 0 Å². The first-order valence-electron chi connectivity index (χ1n) is 4.79. The molecule has 0 radical (unpaired) electrons. The van der Waals surface area contributed by atoms with E-state index in [1.165, 1.54) is 4.90 Å². The van der Waals surface area contributed by atoms with E-state index in [4.69, 9.17) is 0 Å². The molecule has 1 N–H and O–H groups in total. The normalized spacial score (nSPS) is 21.6. The molecule has 1 atom stereocenters. The zero-order valence-electron chi connectivity index (χ0n) is 8.62. The Kier molecular flexibility index (Phi) is 3.28. The Morgan fingerprint density at radius 1 is 1.57 bits per heavy atom. The third-order valence-corrected chi connectivity index (χ3v) is 2.13. The molecule has 1 unspecified atom stereocenters. The Hall–Kier alpha value is -1.32. The third-order valence-electron chi connectivity index (χ3n) is 2.13. The van der Waals surface area contributed by atoms with Crippen molar-refractivity contribution in [2.75, 3.05) is 6.54 Å². The second kappa shape index (κ2) is 4.26. The number of amides is 3. The summed E-state index contributed by atoms with van der Waals surface area (Å²) in [5.41, 5.74) is 0. The van der Waals surface area contributed by atoms with Gasteiger partial charge < -0.3 is 5.32 Å². The highest BCUT2D eigenvalue weighted by Gasteiger charge is 2.36. The molecule has 0 bridgehead atoms. The van der Waals surface area contributed by atoms with Crippen molar-refractivity contribution < 1.29 is 9.59 Å². The van der Waals surface area contributed by atoms with Crippen molar-refractivity contribution in [1.82, 2.24) is 10.2 Å². The summed E-state index contributed by atoms with van der Waals surface area (Å²) >= 11 is 0. The van der Waals surface area contributed by atoms with Gasteiger partial charge >= 0.3 is 6.03 Å². The maximum atomic E-state index is 11.6. The van der Waals surface area contributed by atoms with E-state index in [0.717, 1.165) is 0 Å². The molecule has 0 aliphatic carbocycles. The van der Waals surface area contributed by atoms with Crippen molar-refractivity contribution >= 4 is 11.9 Å². The second-order valence-corrected chi connectivity index (χ2v) is 3.87. The van der Waals surface area contributed by atoms with Crippen LogP contribution in [0.3, 0.4) is 0 Å². The Labute approximate surface area is 84.0 Å². The van der Waals surface area contributed by atoms with Crippen molar-refractivity contribution in [1.29, 1.82) is 0 Å². The number of carbonyl (C=O) groups excluding carboxylic acids is 2. The Morgan fingerprint density at radius 2 is 2.21 bits per heavy atom. The number of carbonyl (C=O) groups is 2. The Bertz CT molecular complexity index is 261. The molecule has 1 aliphatic heterocycles. The number of nitrogens with one attached hydrogen (secondary N) is 1. The van der Waals surface area contributed by atoms with E-state index >= 15 is 0 Å². The largest absolute Gasteiger partial charge is 0.326 e. The summed E-state index contributed by atoms with van der Waals surface area (Å²) in [4.78, 5) is 24.1. The molecular formula is C10H16N2O2. The number of rotatable bonds is 4. The molecule has 4 heteroatoms. The van der Waals surface area contributed by atoms with Crippen LogP contribution in [0.25, 0.3) is 0 Å². The number of nitrogens with zero attached hydrogens (tertiary/aromatic N) is 1. The molecule has 0 aromatic heterocycles. The lowest BCUT2D eigenvalue weighted by molar-refractivity contribution is -0.127. The molecular weight excluding hydrogens is 180 g/mol. The molecule has 0 aromatic carbocycles. The predicted octanol–water partition coefficient (Wildman–Crippen LogP) is 1.14. The number of imide groups is 1. The van der Waals surface area contributed by atoms with Gasteiger partial charge in [0.25, 0.3) is 5.91 Å². The summed E-state index contributed by atoms with van der Waals surface area (Å²) in [6.45, 7) is 7.84. The first kappa shape index (κ1) is 10.8. The van der Waals surface area contributed by atoms with Gasteiger partial charge in [-0.25, -0.2) is 4.79 Å². The van der Waals surface area contributed by atoms with Crippen LogP contribution < -0.4 is 5.32 Å². The van der Waals surface area contributed by atoms with Gasteiger partial charge in [-0.2, -0.15) is 0 Å². The predicted molar refractivity (Wildman–Crippen MR) is 53.7 cm³/mol. The van der Waals surface area contributed by atoms with Crippen LogP contribution in [0, 0.1) is 5.92 Å². The van der Waals surface area contributed by atoms with Gasteiger partial charge in [0.05, 0.1) is 0 Å². The van der Waals surface area contributed by atoms with Crippen LogP contribution >= 0.6 is 0 Å². The van der Waals surface area contributed by atoms with E-state index in [1.54, 1.807) is 6.08 Å². The highest BCUT2D eigenvalue weighted by molar-refractivity contribution is 6.04. The molecule has 0 saturated carbocycles. The fraction of sp³-hybridized carbons (Fsp3) is 0.600. The Morgan fingerprint density at radius 3 is 2.71 bits per heavy atom. The first-order chi connectivity index (χ1) is 6.56. The quantitative estimate of drug-likeness (QED) is 0.541. The maximum Gasteiger partial charge on any atom is 0.325 e. The van der Waals surface area contributed by atoms with Crippen LogP contribution in [0.1, 0.15) is 20.3 Å². The molecule has 1 rings (SSSR count). The molecule has 78 valence electrons. The lowest BCUT2D eigenvalue weighted by Crippen LogP contribution is -2.32. The van der Waals surface area contributed by atoms with Crippen LogP contribution in [0.15, 0.2) is 12.7 Å². The number of hydrogen-bond acceptors (Lipinski definition) is 2. The van der Waals surface area contributed by atoms with Gasteiger partial charge in [0, 0.05) is 6.54 Å². The smallest absolute Gasteiger partial charge is 0.325 e. The van der Waals surface area contributed by atoms with E-state index in [9.17, 15) is 9.59 Å². The van der Waals surface area contributed by atoms with Gasteiger partial charge in [-0.15, -0.1) is 6.58 Å². The van der Waals surface area contributed by atoms with Crippen LogP contribution in [-0.2, 0) is 4.79 Å². The zero-order chi connectivity index (χ0) is 10.7. The fourth-order valence-corrected chi connectivity index (χ4v) is 1.51. The van der Waals surface area contributed by atoms with Gasteiger partial charge in [-0.3, -0.25) is 9.69 Å². The third kappa shape index (κ3) is 2.13. The van der Waals surface area contributed by atoms with Crippen molar-refractivity contribution in [2.45, 2.75) is 26.3 Å². The summed E-state index contributed by atoms with van der Waals surface area (Å²) in [5.74, 6) is 0.261. The molecule has 1 fully saturated rings. The van der Waals surface area contributed by atoms with E-state index < -0.39 is 0 Å². The minimum atomic E-state index is -0.345.